The minimum absolute atomic E-state index is 0.0282. The Hall–Kier alpha value is -3.12. The molecule has 1 aliphatic heterocycles. The second kappa shape index (κ2) is 12.2. The van der Waals surface area contributed by atoms with Crippen molar-refractivity contribution in [2.75, 3.05) is 32.8 Å². The summed E-state index contributed by atoms with van der Waals surface area (Å²) < 4.78 is 5.84. The minimum Gasteiger partial charge on any atom is -0.507 e. The Balaban J connectivity index is 2.09. The molecule has 3 rings (SSSR count). The van der Waals surface area contributed by atoms with E-state index >= 15 is 0 Å². The lowest BCUT2D eigenvalue weighted by Crippen LogP contribution is -2.38. The average Bonchev–Trinajstić information content (AvgIpc) is 3.12. The Bertz CT molecular complexity index is 1170. The highest BCUT2D eigenvalue weighted by molar-refractivity contribution is 6.46. The zero-order valence-corrected chi connectivity index (χ0v) is 24.3. The average molecular weight is 521 g/mol. The SMILES string of the molecule is CCN(CC)CCN1C(=O)C(=O)/C(=C(/O)c2ccc(OCC(C)C)cc2C)[C@@H]1c1ccc(C(C)(C)C)cc1. The maximum absolute atomic E-state index is 13.4. The molecule has 0 saturated carbocycles. The summed E-state index contributed by atoms with van der Waals surface area (Å²) in [6, 6.07) is 12.8. The second-order valence-corrected chi connectivity index (χ2v) is 11.6. The Kier molecular flexibility index (Phi) is 9.42. The molecule has 1 N–H and O–H groups in total. The minimum atomic E-state index is -0.657. The van der Waals surface area contributed by atoms with Crippen LogP contribution in [0.15, 0.2) is 48.0 Å². The van der Waals surface area contributed by atoms with Crippen molar-refractivity contribution in [3.63, 3.8) is 0 Å². The number of Topliss-reactive ketones (excluding diaryl/α,β-unsaturated/α-hetero) is 1. The van der Waals surface area contributed by atoms with E-state index in [4.69, 9.17) is 4.74 Å². The van der Waals surface area contributed by atoms with Gasteiger partial charge in [-0.05, 0) is 66.2 Å². The molecular weight excluding hydrogens is 476 g/mol. The summed E-state index contributed by atoms with van der Waals surface area (Å²) in [6.07, 6.45) is 0. The van der Waals surface area contributed by atoms with E-state index in [1.807, 2.05) is 37.3 Å². The van der Waals surface area contributed by atoms with Crippen LogP contribution in [0.2, 0.25) is 0 Å². The highest BCUT2D eigenvalue weighted by atomic mass is 16.5. The number of ketones is 1. The van der Waals surface area contributed by atoms with E-state index in [1.165, 1.54) is 0 Å². The monoisotopic (exact) mass is 520 g/mol. The van der Waals surface area contributed by atoms with Crippen molar-refractivity contribution in [1.82, 2.24) is 9.80 Å². The molecule has 1 atom stereocenters. The number of likely N-dealkylation sites (tertiary alicyclic amines) is 1. The van der Waals surface area contributed by atoms with Gasteiger partial charge in [-0.2, -0.15) is 0 Å². The third kappa shape index (κ3) is 6.47. The standard InChI is InChI=1S/C32H44N2O4/c1-9-33(10-2)17-18-34-28(23-11-13-24(14-12-23)32(6,7)8)27(30(36)31(34)37)29(35)26-16-15-25(19-22(26)5)38-20-21(3)4/h11-16,19,21,28,35H,9-10,17-18,20H2,1-8H3/b29-27+/t28-/m0/s1. The quantitative estimate of drug-likeness (QED) is 0.233. The van der Waals surface area contributed by atoms with E-state index < -0.39 is 17.7 Å². The molecule has 1 saturated heterocycles. The Morgan fingerprint density at radius 2 is 1.68 bits per heavy atom. The fourth-order valence-electron chi connectivity index (χ4n) is 4.81. The normalized spacial score (nSPS) is 17.6. The van der Waals surface area contributed by atoms with Gasteiger partial charge in [0, 0.05) is 18.7 Å². The highest BCUT2D eigenvalue weighted by Crippen LogP contribution is 2.40. The fourth-order valence-corrected chi connectivity index (χ4v) is 4.81. The summed E-state index contributed by atoms with van der Waals surface area (Å²) in [5.74, 6) is -0.266. The summed E-state index contributed by atoms with van der Waals surface area (Å²) >= 11 is 0. The van der Waals surface area contributed by atoms with Gasteiger partial charge >= 0.3 is 0 Å². The second-order valence-electron chi connectivity index (χ2n) is 11.6. The van der Waals surface area contributed by atoms with Gasteiger partial charge < -0.3 is 19.6 Å². The number of hydrogen-bond donors (Lipinski definition) is 1. The van der Waals surface area contributed by atoms with Gasteiger partial charge in [-0.1, -0.05) is 72.7 Å². The molecule has 0 unspecified atom stereocenters. The van der Waals surface area contributed by atoms with Crippen LogP contribution >= 0.6 is 0 Å². The van der Waals surface area contributed by atoms with Crippen molar-refractivity contribution in [2.24, 2.45) is 5.92 Å². The van der Waals surface area contributed by atoms with Gasteiger partial charge in [-0.15, -0.1) is 0 Å². The molecule has 38 heavy (non-hydrogen) atoms. The predicted molar refractivity (Wildman–Crippen MR) is 153 cm³/mol. The van der Waals surface area contributed by atoms with Gasteiger partial charge in [-0.25, -0.2) is 0 Å². The summed E-state index contributed by atoms with van der Waals surface area (Å²) in [6.45, 7) is 20.0. The van der Waals surface area contributed by atoms with Gasteiger partial charge in [0.1, 0.15) is 11.5 Å². The number of carbonyl (C=O) groups excluding carboxylic acids is 2. The molecule has 0 aromatic heterocycles. The van der Waals surface area contributed by atoms with Crippen molar-refractivity contribution in [1.29, 1.82) is 0 Å². The van der Waals surface area contributed by atoms with E-state index in [9.17, 15) is 14.7 Å². The maximum atomic E-state index is 13.4. The van der Waals surface area contributed by atoms with Gasteiger partial charge in [0.2, 0.25) is 0 Å². The van der Waals surface area contributed by atoms with Crippen LogP contribution in [0.4, 0.5) is 0 Å². The number of rotatable bonds is 10. The first-order valence-electron chi connectivity index (χ1n) is 13.7. The summed E-state index contributed by atoms with van der Waals surface area (Å²) in [4.78, 5) is 30.6. The number of aliphatic hydroxyl groups is 1. The number of amides is 1. The van der Waals surface area contributed by atoms with Crippen LogP contribution in [0.5, 0.6) is 5.75 Å². The highest BCUT2D eigenvalue weighted by Gasteiger charge is 2.46. The van der Waals surface area contributed by atoms with Crippen LogP contribution in [0.25, 0.3) is 5.76 Å². The molecule has 1 fully saturated rings. The lowest BCUT2D eigenvalue weighted by atomic mass is 9.85. The first-order chi connectivity index (χ1) is 17.9. The molecule has 0 radical (unpaired) electrons. The molecule has 2 aromatic rings. The van der Waals surface area contributed by atoms with E-state index in [-0.39, 0.29) is 16.7 Å². The third-order valence-electron chi connectivity index (χ3n) is 7.22. The topological polar surface area (TPSA) is 70.1 Å². The molecule has 0 aliphatic carbocycles. The van der Waals surface area contributed by atoms with Crippen molar-refractivity contribution in [3.05, 3.63) is 70.3 Å². The maximum Gasteiger partial charge on any atom is 0.295 e. The Morgan fingerprint density at radius 3 is 2.21 bits per heavy atom. The van der Waals surface area contributed by atoms with Gasteiger partial charge in [-0.3, -0.25) is 9.59 Å². The number of benzene rings is 2. The zero-order chi connectivity index (χ0) is 28.2. The summed E-state index contributed by atoms with van der Waals surface area (Å²) in [7, 11) is 0. The van der Waals surface area contributed by atoms with Crippen molar-refractivity contribution >= 4 is 17.4 Å². The zero-order valence-electron chi connectivity index (χ0n) is 24.3. The van der Waals surface area contributed by atoms with E-state index in [1.54, 1.807) is 17.0 Å². The molecule has 1 aliphatic rings. The van der Waals surface area contributed by atoms with Crippen LogP contribution in [-0.4, -0.2) is 59.4 Å². The Morgan fingerprint density at radius 1 is 1.05 bits per heavy atom. The van der Waals surface area contributed by atoms with Crippen LogP contribution in [0, 0.1) is 12.8 Å². The molecular formula is C32H44N2O4. The number of aryl methyl sites for hydroxylation is 1. The number of carbonyl (C=O) groups is 2. The first-order valence-corrected chi connectivity index (χ1v) is 13.7. The van der Waals surface area contributed by atoms with E-state index in [0.29, 0.717) is 36.9 Å². The molecule has 206 valence electrons. The van der Waals surface area contributed by atoms with Crippen LogP contribution in [0.1, 0.15) is 76.8 Å². The number of ether oxygens (including phenoxy) is 1. The molecule has 0 spiro atoms. The molecule has 0 bridgehead atoms. The number of nitrogens with zero attached hydrogens (tertiary/aromatic N) is 2. The molecule has 1 heterocycles. The van der Waals surface area contributed by atoms with Gasteiger partial charge in [0.05, 0.1) is 18.2 Å². The number of aliphatic hydroxyl groups excluding tert-OH is 1. The van der Waals surface area contributed by atoms with Gasteiger partial charge in [0.15, 0.2) is 0 Å². The van der Waals surface area contributed by atoms with Crippen molar-refractivity contribution in [2.45, 2.75) is 66.8 Å². The molecule has 6 heteroatoms. The van der Waals surface area contributed by atoms with Crippen LogP contribution in [0.3, 0.4) is 0 Å². The van der Waals surface area contributed by atoms with E-state index in [2.05, 4.69) is 53.4 Å². The molecule has 1 amide bonds. The first kappa shape index (κ1) is 29.4. The Labute approximate surface area is 228 Å². The van der Waals surface area contributed by atoms with Gasteiger partial charge in [0.25, 0.3) is 11.7 Å². The van der Waals surface area contributed by atoms with Crippen LogP contribution in [-0.2, 0) is 15.0 Å². The number of hydrogen-bond acceptors (Lipinski definition) is 5. The largest absolute Gasteiger partial charge is 0.507 e. The molecule has 2 aromatic carbocycles. The number of likely N-dealkylation sites (N-methyl/N-ethyl adjacent to an activating group) is 1. The predicted octanol–water partition coefficient (Wildman–Crippen LogP) is 6.09. The lowest BCUT2D eigenvalue weighted by Gasteiger charge is -2.29. The molecule has 6 nitrogen and oxygen atoms in total. The fraction of sp³-hybridized carbons (Fsp3) is 0.500. The van der Waals surface area contributed by atoms with Crippen molar-refractivity contribution < 1.29 is 19.4 Å². The van der Waals surface area contributed by atoms with E-state index in [0.717, 1.165) is 29.8 Å². The summed E-state index contributed by atoms with van der Waals surface area (Å²) in [5.41, 5.74) is 3.39. The van der Waals surface area contributed by atoms with Crippen LogP contribution < -0.4 is 4.74 Å². The lowest BCUT2D eigenvalue weighted by molar-refractivity contribution is -0.140. The summed E-state index contributed by atoms with van der Waals surface area (Å²) in [5, 5.41) is 11.5. The third-order valence-corrected chi connectivity index (χ3v) is 7.22. The van der Waals surface area contributed by atoms with Crippen molar-refractivity contribution in [3.8, 4) is 5.75 Å². The smallest absolute Gasteiger partial charge is 0.295 e.